The fourth-order valence-corrected chi connectivity index (χ4v) is 3.08. The minimum atomic E-state index is -3.54. The first-order valence-electron chi connectivity index (χ1n) is 5.38. The Bertz CT molecular complexity index is 494. The monoisotopic (exact) mass is 276 g/mol. The summed E-state index contributed by atoms with van der Waals surface area (Å²) in [4.78, 5) is 0. The van der Waals surface area contributed by atoms with Gasteiger partial charge in [-0.3, -0.25) is 0 Å². The average molecular weight is 277 g/mol. The van der Waals surface area contributed by atoms with E-state index in [1.165, 1.54) is 13.8 Å². The van der Waals surface area contributed by atoms with Crippen molar-refractivity contribution in [1.82, 2.24) is 0 Å². The molecule has 1 rings (SSSR count). The van der Waals surface area contributed by atoms with Crippen molar-refractivity contribution in [2.45, 2.75) is 31.1 Å². The fraction of sp³-hybridized carbons (Fsp3) is 0.500. The lowest BCUT2D eigenvalue weighted by atomic mass is 10.0. The summed E-state index contributed by atoms with van der Waals surface area (Å²) in [7, 11) is -3.54. The molecule has 0 spiro atoms. The van der Waals surface area contributed by atoms with Crippen molar-refractivity contribution in [3.05, 3.63) is 35.4 Å². The number of rotatable bonds is 4. The first-order valence-corrected chi connectivity index (χ1v) is 7.41. The summed E-state index contributed by atoms with van der Waals surface area (Å²) in [5, 5.41) is 10.1. The molecule has 0 saturated heterocycles. The van der Waals surface area contributed by atoms with Crippen molar-refractivity contribution < 1.29 is 13.5 Å². The van der Waals surface area contributed by atoms with Gasteiger partial charge in [-0.05, 0) is 19.4 Å². The van der Waals surface area contributed by atoms with Crippen LogP contribution in [-0.4, -0.2) is 23.5 Å². The van der Waals surface area contributed by atoms with Gasteiger partial charge in [0.25, 0.3) is 0 Å². The molecule has 17 heavy (non-hydrogen) atoms. The molecule has 0 saturated carbocycles. The normalized spacial score (nSPS) is 17.5. The van der Waals surface area contributed by atoms with Crippen LogP contribution in [0.4, 0.5) is 0 Å². The lowest BCUT2D eigenvalue weighted by Gasteiger charge is -2.27. The van der Waals surface area contributed by atoms with Crippen LogP contribution < -0.4 is 0 Å². The smallest absolute Gasteiger partial charge is 0.172 e. The molecule has 1 aromatic rings. The number of aliphatic hydroxyl groups is 1. The Morgan fingerprint density at radius 2 is 2.06 bits per heavy atom. The molecule has 0 radical (unpaired) electrons. The van der Waals surface area contributed by atoms with Gasteiger partial charge in [-0.2, -0.15) is 0 Å². The van der Waals surface area contributed by atoms with Crippen LogP contribution in [0.1, 0.15) is 31.1 Å². The van der Waals surface area contributed by atoms with Gasteiger partial charge in [0.1, 0.15) is 6.10 Å². The van der Waals surface area contributed by atoms with E-state index in [0.717, 1.165) is 5.56 Å². The molecule has 96 valence electrons. The molecular formula is C12H17ClO3S. The topological polar surface area (TPSA) is 54.4 Å². The lowest BCUT2D eigenvalue weighted by Crippen LogP contribution is -2.37. The quantitative estimate of drug-likeness (QED) is 0.860. The summed E-state index contributed by atoms with van der Waals surface area (Å²) in [5.74, 6) is -0.101. The van der Waals surface area contributed by atoms with Gasteiger partial charge in [-0.25, -0.2) is 8.42 Å². The minimum Gasteiger partial charge on any atom is -0.385 e. The zero-order chi connectivity index (χ0) is 13.3. The van der Waals surface area contributed by atoms with Crippen LogP contribution in [-0.2, 0) is 9.84 Å². The molecule has 0 bridgehead atoms. The number of aryl methyl sites for hydroxylation is 1. The Morgan fingerprint density at radius 3 is 2.53 bits per heavy atom. The second kappa shape index (κ2) is 4.96. The summed E-state index contributed by atoms with van der Waals surface area (Å²) in [6.07, 6.45) is -1.24. The third kappa shape index (κ3) is 2.81. The van der Waals surface area contributed by atoms with Crippen LogP contribution in [0.3, 0.4) is 0 Å². The maximum atomic E-state index is 11.8. The van der Waals surface area contributed by atoms with Crippen LogP contribution in [0.5, 0.6) is 0 Å². The lowest BCUT2D eigenvalue weighted by molar-refractivity contribution is 0.162. The Hall–Kier alpha value is -0.580. The number of alkyl halides is 1. The first-order chi connectivity index (χ1) is 7.72. The molecule has 1 N–H and O–H groups in total. The molecule has 0 aliphatic rings. The van der Waals surface area contributed by atoms with E-state index in [1.807, 2.05) is 13.0 Å². The van der Waals surface area contributed by atoms with E-state index in [4.69, 9.17) is 11.6 Å². The van der Waals surface area contributed by atoms with Crippen molar-refractivity contribution in [1.29, 1.82) is 0 Å². The maximum absolute atomic E-state index is 11.8. The minimum absolute atomic E-state index is 0.101. The van der Waals surface area contributed by atoms with E-state index in [0.29, 0.717) is 5.56 Å². The number of aliphatic hydroxyl groups excluding tert-OH is 1. The molecule has 0 unspecified atom stereocenters. The number of halogens is 1. The van der Waals surface area contributed by atoms with Gasteiger partial charge in [0.2, 0.25) is 0 Å². The maximum Gasteiger partial charge on any atom is 0.172 e. The van der Waals surface area contributed by atoms with Crippen molar-refractivity contribution >= 4 is 21.4 Å². The van der Waals surface area contributed by atoms with Crippen molar-refractivity contribution in [2.75, 3.05) is 5.75 Å². The zero-order valence-corrected chi connectivity index (χ0v) is 11.7. The Morgan fingerprint density at radius 1 is 1.47 bits per heavy atom. The average Bonchev–Trinajstić information content (AvgIpc) is 2.27. The second-order valence-electron chi connectivity index (χ2n) is 4.21. The van der Waals surface area contributed by atoms with Crippen LogP contribution >= 0.6 is 11.6 Å². The molecule has 0 aliphatic carbocycles. The summed E-state index contributed by atoms with van der Waals surface area (Å²) in [6.45, 7) is 4.72. The molecular weight excluding hydrogens is 260 g/mol. The van der Waals surface area contributed by atoms with Crippen LogP contribution in [0, 0.1) is 6.92 Å². The third-order valence-electron chi connectivity index (χ3n) is 2.83. The van der Waals surface area contributed by atoms with Crippen molar-refractivity contribution in [3.8, 4) is 0 Å². The number of hydrogen-bond donors (Lipinski definition) is 1. The SMILES string of the molecule is CCS(=O)(=O)[C@](C)(Cl)[C@H](O)c1cccc(C)c1. The Balaban J connectivity index is 3.17. The van der Waals surface area contributed by atoms with Gasteiger partial charge >= 0.3 is 0 Å². The van der Waals surface area contributed by atoms with E-state index >= 15 is 0 Å². The van der Waals surface area contributed by atoms with Gasteiger partial charge in [0.05, 0.1) is 0 Å². The van der Waals surface area contributed by atoms with Crippen molar-refractivity contribution in [3.63, 3.8) is 0 Å². The number of benzene rings is 1. The molecule has 3 nitrogen and oxygen atoms in total. The van der Waals surface area contributed by atoms with E-state index in [9.17, 15) is 13.5 Å². The molecule has 0 aliphatic heterocycles. The summed E-state index contributed by atoms with van der Waals surface area (Å²) in [6, 6.07) is 7.04. The summed E-state index contributed by atoms with van der Waals surface area (Å²) >= 11 is 6.03. The molecule has 1 aromatic carbocycles. The van der Waals surface area contributed by atoms with E-state index < -0.39 is 20.1 Å². The fourth-order valence-electron chi connectivity index (χ4n) is 1.59. The highest BCUT2D eigenvalue weighted by atomic mass is 35.5. The molecule has 5 heteroatoms. The predicted octanol–water partition coefficient (Wildman–Crippen LogP) is 2.42. The van der Waals surface area contributed by atoms with Gasteiger partial charge in [0, 0.05) is 5.75 Å². The van der Waals surface area contributed by atoms with Gasteiger partial charge in [-0.15, -0.1) is 0 Å². The molecule has 2 atom stereocenters. The second-order valence-corrected chi connectivity index (χ2v) is 7.87. The molecule has 0 aromatic heterocycles. The number of hydrogen-bond acceptors (Lipinski definition) is 3. The third-order valence-corrected chi connectivity index (χ3v) is 5.95. The van der Waals surface area contributed by atoms with Gasteiger partial charge in [-0.1, -0.05) is 48.4 Å². The molecule has 0 amide bonds. The number of sulfone groups is 1. The highest BCUT2D eigenvalue weighted by molar-refractivity contribution is 7.94. The summed E-state index contributed by atoms with van der Waals surface area (Å²) in [5.41, 5.74) is 1.46. The van der Waals surface area contributed by atoms with E-state index in [-0.39, 0.29) is 5.75 Å². The largest absolute Gasteiger partial charge is 0.385 e. The summed E-state index contributed by atoms with van der Waals surface area (Å²) < 4.78 is 22.0. The zero-order valence-electron chi connectivity index (χ0n) is 10.1. The van der Waals surface area contributed by atoms with Crippen molar-refractivity contribution in [2.24, 2.45) is 0 Å². The molecule has 0 heterocycles. The van der Waals surface area contributed by atoms with Crippen LogP contribution in [0.25, 0.3) is 0 Å². The predicted molar refractivity (Wildman–Crippen MR) is 69.9 cm³/mol. The molecule has 0 fully saturated rings. The van der Waals surface area contributed by atoms with Crippen LogP contribution in [0.2, 0.25) is 0 Å². The van der Waals surface area contributed by atoms with Gasteiger partial charge < -0.3 is 5.11 Å². The standard InChI is InChI=1S/C12H17ClO3S/c1-4-17(15,16)12(3,13)11(14)10-7-5-6-9(2)8-10/h5-8,11,14H,4H2,1-3H3/t11-,12+/m1/s1. The van der Waals surface area contributed by atoms with E-state index in [2.05, 4.69) is 0 Å². The Kier molecular flexibility index (Phi) is 4.23. The highest BCUT2D eigenvalue weighted by Gasteiger charge is 2.43. The van der Waals surface area contributed by atoms with Crippen LogP contribution in [0.15, 0.2) is 24.3 Å². The van der Waals surface area contributed by atoms with E-state index in [1.54, 1.807) is 18.2 Å². The highest BCUT2D eigenvalue weighted by Crippen LogP contribution is 2.37. The van der Waals surface area contributed by atoms with Gasteiger partial charge in [0.15, 0.2) is 14.0 Å². The Labute approximate surface area is 107 Å². The first kappa shape index (κ1) is 14.5.